The average molecular weight is 294 g/mol. The summed E-state index contributed by atoms with van der Waals surface area (Å²) in [5, 5.41) is 3.67. The lowest BCUT2D eigenvalue weighted by molar-refractivity contribution is -0.132. The summed E-state index contributed by atoms with van der Waals surface area (Å²) in [5.41, 5.74) is 0. The molecule has 1 N–H and O–H groups in total. The van der Waals surface area contributed by atoms with Crippen LogP contribution in [0.25, 0.3) is 0 Å². The molecule has 0 aromatic rings. The molecule has 0 radical (unpaired) electrons. The van der Waals surface area contributed by atoms with Gasteiger partial charge in [0.1, 0.15) is 0 Å². The van der Waals surface area contributed by atoms with Crippen LogP contribution >= 0.6 is 0 Å². The summed E-state index contributed by atoms with van der Waals surface area (Å²) in [6.07, 6.45) is 7.71. The zero-order valence-electron chi connectivity index (χ0n) is 13.5. The lowest BCUT2D eigenvalue weighted by atomic mass is 9.97. The van der Waals surface area contributed by atoms with E-state index in [4.69, 9.17) is 4.74 Å². The lowest BCUT2D eigenvalue weighted by Gasteiger charge is -2.33. The van der Waals surface area contributed by atoms with Gasteiger partial charge in [-0.05, 0) is 43.4 Å². The first-order chi connectivity index (χ1) is 10.2. The van der Waals surface area contributed by atoms with Gasteiger partial charge in [-0.3, -0.25) is 10.1 Å². The summed E-state index contributed by atoms with van der Waals surface area (Å²) in [5.74, 6) is 2.01. The highest BCUT2D eigenvalue weighted by Gasteiger charge is 2.44. The number of amides is 1. The average Bonchev–Trinajstić information content (AvgIpc) is 3.09. The van der Waals surface area contributed by atoms with Crippen LogP contribution in [-0.4, -0.2) is 42.8 Å². The Labute approximate surface area is 128 Å². The fourth-order valence-electron chi connectivity index (χ4n) is 4.21. The summed E-state index contributed by atoms with van der Waals surface area (Å²) in [7, 11) is 0. The molecule has 4 nitrogen and oxygen atoms in total. The van der Waals surface area contributed by atoms with Gasteiger partial charge >= 0.3 is 0 Å². The summed E-state index contributed by atoms with van der Waals surface area (Å²) >= 11 is 0. The van der Waals surface area contributed by atoms with Crippen molar-refractivity contribution < 1.29 is 9.53 Å². The fraction of sp³-hybridized carbons (Fsp3) is 0.941. The van der Waals surface area contributed by atoms with E-state index in [2.05, 4.69) is 24.1 Å². The number of ether oxygens (including phenoxy) is 1. The van der Waals surface area contributed by atoms with Crippen LogP contribution in [0.15, 0.2) is 0 Å². The molecule has 0 aromatic carbocycles. The number of carbonyl (C=O) groups excluding carboxylic acids is 1. The monoisotopic (exact) mass is 294 g/mol. The first-order valence-corrected chi connectivity index (χ1v) is 8.81. The van der Waals surface area contributed by atoms with E-state index in [0.29, 0.717) is 23.7 Å². The van der Waals surface area contributed by atoms with E-state index in [1.165, 1.54) is 25.7 Å². The minimum atomic E-state index is 0.0236. The SMILES string of the molecule is CC(C)C1NC(C2CCCC2)N(CC2CCOCC2)C1=O. The Morgan fingerprint density at radius 3 is 2.48 bits per heavy atom. The molecule has 2 saturated heterocycles. The van der Waals surface area contributed by atoms with Crippen LogP contribution in [0.5, 0.6) is 0 Å². The largest absolute Gasteiger partial charge is 0.381 e. The molecular formula is C17H30N2O2. The van der Waals surface area contributed by atoms with Gasteiger partial charge in [0, 0.05) is 19.8 Å². The predicted molar refractivity (Wildman–Crippen MR) is 82.8 cm³/mol. The summed E-state index contributed by atoms with van der Waals surface area (Å²) < 4.78 is 5.46. The van der Waals surface area contributed by atoms with E-state index >= 15 is 0 Å². The smallest absolute Gasteiger partial charge is 0.241 e. The van der Waals surface area contributed by atoms with Gasteiger partial charge < -0.3 is 9.64 Å². The lowest BCUT2D eigenvalue weighted by Crippen LogP contribution is -2.45. The van der Waals surface area contributed by atoms with Gasteiger partial charge in [0.2, 0.25) is 5.91 Å². The molecule has 0 aromatic heterocycles. The second kappa shape index (κ2) is 6.66. The van der Waals surface area contributed by atoms with Crippen molar-refractivity contribution in [3.8, 4) is 0 Å². The predicted octanol–water partition coefficient (Wildman–Crippen LogP) is 2.39. The molecule has 1 amide bonds. The molecule has 4 heteroatoms. The van der Waals surface area contributed by atoms with E-state index in [1.807, 2.05) is 0 Å². The van der Waals surface area contributed by atoms with E-state index in [0.717, 1.165) is 32.6 Å². The molecule has 2 aliphatic heterocycles. The Morgan fingerprint density at radius 1 is 1.19 bits per heavy atom. The molecule has 2 heterocycles. The highest BCUT2D eigenvalue weighted by Crippen LogP contribution is 2.34. The van der Waals surface area contributed by atoms with E-state index in [-0.39, 0.29) is 12.2 Å². The van der Waals surface area contributed by atoms with Crippen molar-refractivity contribution >= 4 is 5.91 Å². The van der Waals surface area contributed by atoms with Crippen LogP contribution < -0.4 is 5.32 Å². The third-order valence-corrected chi connectivity index (χ3v) is 5.54. The zero-order valence-corrected chi connectivity index (χ0v) is 13.5. The molecule has 1 saturated carbocycles. The second-order valence-corrected chi connectivity index (χ2v) is 7.42. The van der Waals surface area contributed by atoms with Crippen molar-refractivity contribution in [3.05, 3.63) is 0 Å². The van der Waals surface area contributed by atoms with Gasteiger partial charge in [-0.1, -0.05) is 26.7 Å². The Morgan fingerprint density at radius 2 is 1.86 bits per heavy atom. The molecular weight excluding hydrogens is 264 g/mol. The molecule has 3 rings (SSSR count). The first-order valence-electron chi connectivity index (χ1n) is 8.81. The second-order valence-electron chi connectivity index (χ2n) is 7.42. The zero-order chi connectivity index (χ0) is 14.8. The van der Waals surface area contributed by atoms with Crippen LogP contribution in [-0.2, 0) is 9.53 Å². The molecule has 0 spiro atoms. The van der Waals surface area contributed by atoms with Crippen molar-refractivity contribution in [2.45, 2.75) is 64.6 Å². The minimum Gasteiger partial charge on any atom is -0.381 e. The third kappa shape index (κ3) is 3.26. The molecule has 3 fully saturated rings. The third-order valence-electron chi connectivity index (χ3n) is 5.54. The van der Waals surface area contributed by atoms with Crippen LogP contribution in [0.4, 0.5) is 0 Å². The van der Waals surface area contributed by atoms with Gasteiger partial charge in [0.25, 0.3) is 0 Å². The number of carbonyl (C=O) groups is 1. The van der Waals surface area contributed by atoms with Gasteiger partial charge in [0.15, 0.2) is 0 Å². The van der Waals surface area contributed by atoms with E-state index in [1.54, 1.807) is 0 Å². The highest BCUT2D eigenvalue weighted by molar-refractivity contribution is 5.84. The van der Waals surface area contributed by atoms with Crippen LogP contribution in [0, 0.1) is 17.8 Å². The van der Waals surface area contributed by atoms with Gasteiger partial charge in [-0.15, -0.1) is 0 Å². The summed E-state index contributed by atoms with van der Waals surface area (Å²) in [6.45, 7) is 6.96. The first kappa shape index (κ1) is 15.3. The Bertz CT molecular complexity index is 360. The maximum absolute atomic E-state index is 12.8. The number of hydrogen-bond donors (Lipinski definition) is 1. The van der Waals surface area contributed by atoms with E-state index < -0.39 is 0 Å². The molecule has 21 heavy (non-hydrogen) atoms. The van der Waals surface area contributed by atoms with Crippen molar-refractivity contribution in [1.29, 1.82) is 0 Å². The minimum absolute atomic E-state index is 0.0236. The van der Waals surface area contributed by atoms with Crippen molar-refractivity contribution in [2.75, 3.05) is 19.8 Å². The molecule has 3 aliphatic rings. The Hall–Kier alpha value is -0.610. The van der Waals surface area contributed by atoms with Gasteiger partial charge in [0.05, 0.1) is 12.2 Å². The molecule has 2 unspecified atom stereocenters. The normalized spacial score (nSPS) is 32.5. The topological polar surface area (TPSA) is 41.6 Å². The van der Waals surface area contributed by atoms with E-state index in [9.17, 15) is 4.79 Å². The van der Waals surface area contributed by atoms with Gasteiger partial charge in [-0.2, -0.15) is 0 Å². The Kier molecular flexibility index (Phi) is 4.85. The number of hydrogen-bond acceptors (Lipinski definition) is 3. The van der Waals surface area contributed by atoms with Crippen LogP contribution in [0.2, 0.25) is 0 Å². The summed E-state index contributed by atoms with van der Waals surface area (Å²) in [6, 6.07) is 0.0236. The fourth-order valence-corrected chi connectivity index (χ4v) is 4.21. The van der Waals surface area contributed by atoms with Crippen LogP contribution in [0.1, 0.15) is 52.4 Å². The number of nitrogens with one attached hydrogen (secondary N) is 1. The highest BCUT2D eigenvalue weighted by atomic mass is 16.5. The maximum Gasteiger partial charge on any atom is 0.241 e. The number of nitrogens with zero attached hydrogens (tertiary/aromatic N) is 1. The standard InChI is InChI=1S/C17H30N2O2/c1-12(2)15-17(20)19(11-13-7-9-21-10-8-13)16(18-15)14-5-3-4-6-14/h12-16,18H,3-11H2,1-2H3. The van der Waals surface area contributed by atoms with Crippen molar-refractivity contribution in [1.82, 2.24) is 10.2 Å². The molecule has 1 aliphatic carbocycles. The molecule has 120 valence electrons. The number of rotatable bonds is 4. The van der Waals surface area contributed by atoms with Crippen LogP contribution in [0.3, 0.4) is 0 Å². The summed E-state index contributed by atoms with van der Waals surface area (Å²) in [4.78, 5) is 15.0. The van der Waals surface area contributed by atoms with Crippen molar-refractivity contribution in [3.63, 3.8) is 0 Å². The Balaban J connectivity index is 1.70. The van der Waals surface area contributed by atoms with Crippen molar-refractivity contribution in [2.24, 2.45) is 17.8 Å². The molecule has 2 atom stereocenters. The quantitative estimate of drug-likeness (QED) is 0.865. The van der Waals surface area contributed by atoms with Gasteiger partial charge in [-0.25, -0.2) is 0 Å². The molecule has 0 bridgehead atoms. The maximum atomic E-state index is 12.8.